The monoisotopic (exact) mass is 410 g/mol. The average molecular weight is 410 g/mol. The SMILES string of the molecule is Cc1nocc1C(=O)Nc1ccc(OC[C@H]2CCCCN2)c(-c2c(C)noc2C)c1. The Balaban J connectivity index is 1.61. The number of rotatable bonds is 6. The molecule has 0 saturated carbocycles. The van der Waals surface area contributed by atoms with Gasteiger partial charge in [-0.1, -0.05) is 16.7 Å². The smallest absolute Gasteiger partial charge is 0.260 e. The van der Waals surface area contributed by atoms with Crippen LogP contribution in [0.3, 0.4) is 0 Å². The Bertz CT molecular complexity index is 1010. The van der Waals surface area contributed by atoms with E-state index in [1.54, 1.807) is 6.92 Å². The second kappa shape index (κ2) is 8.71. The summed E-state index contributed by atoms with van der Waals surface area (Å²) in [7, 11) is 0. The molecular formula is C22H26N4O4. The Morgan fingerprint density at radius 1 is 1.23 bits per heavy atom. The van der Waals surface area contributed by atoms with Crippen molar-refractivity contribution in [3.8, 4) is 16.9 Å². The quantitative estimate of drug-likeness (QED) is 0.632. The molecule has 0 spiro atoms. The number of piperidine rings is 1. The van der Waals surface area contributed by atoms with Gasteiger partial charge in [0.2, 0.25) is 0 Å². The van der Waals surface area contributed by atoms with Crippen LogP contribution in [-0.4, -0.2) is 35.4 Å². The first-order valence-electron chi connectivity index (χ1n) is 10.2. The first-order chi connectivity index (χ1) is 14.5. The minimum absolute atomic E-state index is 0.279. The highest BCUT2D eigenvalue weighted by atomic mass is 16.5. The molecule has 0 bridgehead atoms. The van der Waals surface area contributed by atoms with Crippen LogP contribution in [0.15, 0.2) is 33.5 Å². The van der Waals surface area contributed by atoms with Crippen molar-refractivity contribution in [2.24, 2.45) is 0 Å². The van der Waals surface area contributed by atoms with E-state index in [0.29, 0.717) is 35.4 Å². The van der Waals surface area contributed by atoms with Gasteiger partial charge in [0.15, 0.2) is 0 Å². The summed E-state index contributed by atoms with van der Waals surface area (Å²) in [6, 6.07) is 5.93. The van der Waals surface area contributed by atoms with E-state index in [9.17, 15) is 4.79 Å². The largest absolute Gasteiger partial charge is 0.491 e. The molecule has 3 heterocycles. The van der Waals surface area contributed by atoms with Crippen LogP contribution in [0.25, 0.3) is 11.1 Å². The van der Waals surface area contributed by atoms with Crippen LogP contribution in [0, 0.1) is 20.8 Å². The average Bonchev–Trinajstić information content (AvgIpc) is 3.32. The van der Waals surface area contributed by atoms with Crippen molar-refractivity contribution in [1.82, 2.24) is 15.6 Å². The maximum absolute atomic E-state index is 12.6. The Hall–Kier alpha value is -3.13. The molecule has 0 radical (unpaired) electrons. The Labute approximate surface area is 174 Å². The summed E-state index contributed by atoms with van der Waals surface area (Å²) >= 11 is 0. The van der Waals surface area contributed by atoms with Gasteiger partial charge in [0.1, 0.15) is 29.9 Å². The van der Waals surface area contributed by atoms with Crippen LogP contribution >= 0.6 is 0 Å². The molecule has 0 unspecified atom stereocenters. The van der Waals surface area contributed by atoms with E-state index in [-0.39, 0.29) is 5.91 Å². The molecule has 158 valence electrons. The lowest BCUT2D eigenvalue weighted by Crippen LogP contribution is -2.38. The Morgan fingerprint density at radius 2 is 2.10 bits per heavy atom. The number of ether oxygens (including phenoxy) is 1. The zero-order valence-corrected chi connectivity index (χ0v) is 17.4. The molecule has 4 rings (SSSR count). The van der Waals surface area contributed by atoms with Crippen LogP contribution < -0.4 is 15.4 Å². The van der Waals surface area contributed by atoms with Crippen LogP contribution in [-0.2, 0) is 0 Å². The number of carbonyl (C=O) groups excluding carboxylic acids is 1. The molecule has 30 heavy (non-hydrogen) atoms. The van der Waals surface area contributed by atoms with E-state index >= 15 is 0 Å². The highest BCUT2D eigenvalue weighted by Gasteiger charge is 2.20. The van der Waals surface area contributed by atoms with Gasteiger partial charge in [-0.15, -0.1) is 0 Å². The fraction of sp³-hybridized carbons (Fsp3) is 0.409. The Morgan fingerprint density at radius 3 is 2.77 bits per heavy atom. The van der Waals surface area contributed by atoms with Gasteiger partial charge in [-0.3, -0.25) is 4.79 Å². The fourth-order valence-corrected chi connectivity index (χ4v) is 3.76. The Kier molecular flexibility index (Phi) is 5.85. The highest BCUT2D eigenvalue weighted by Crippen LogP contribution is 2.37. The molecule has 1 amide bonds. The summed E-state index contributed by atoms with van der Waals surface area (Å²) in [4.78, 5) is 12.6. The van der Waals surface area contributed by atoms with Gasteiger partial charge in [-0.25, -0.2) is 0 Å². The molecule has 1 aliphatic rings. The van der Waals surface area contributed by atoms with Crippen LogP contribution in [0.5, 0.6) is 5.75 Å². The number of nitrogens with one attached hydrogen (secondary N) is 2. The second-order valence-electron chi connectivity index (χ2n) is 7.64. The number of benzene rings is 1. The molecule has 2 N–H and O–H groups in total. The first kappa shape index (κ1) is 20.2. The predicted molar refractivity (Wildman–Crippen MR) is 112 cm³/mol. The first-order valence-corrected chi connectivity index (χ1v) is 10.2. The van der Waals surface area contributed by atoms with Crippen molar-refractivity contribution in [2.45, 2.75) is 46.1 Å². The van der Waals surface area contributed by atoms with Gasteiger partial charge < -0.3 is 24.4 Å². The number of anilines is 1. The number of nitrogens with zero attached hydrogens (tertiary/aromatic N) is 2. The topological polar surface area (TPSA) is 102 Å². The summed E-state index contributed by atoms with van der Waals surface area (Å²) < 4.78 is 16.4. The summed E-state index contributed by atoms with van der Waals surface area (Å²) in [5.41, 5.74) is 4.06. The van der Waals surface area contributed by atoms with Crippen LogP contribution in [0.4, 0.5) is 5.69 Å². The van der Waals surface area contributed by atoms with Crippen molar-refractivity contribution < 1.29 is 18.6 Å². The van der Waals surface area contributed by atoms with Crippen molar-refractivity contribution in [3.63, 3.8) is 0 Å². The van der Waals surface area contributed by atoms with E-state index in [4.69, 9.17) is 13.8 Å². The minimum Gasteiger partial charge on any atom is -0.491 e. The third-order valence-electron chi connectivity index (χ3n) is 5.39. The molecule has 1 fully saturated rings. The summed E-state index contributed by atoms with van der Waals surface area (Å²) in [5, 5.41) is 14.2. The summed E-state index contributed by atoms with van der Waals surface area (Å²) in [5.74, 6) is 1.15. The van der Waals surface area contributed by atoms with E-state index in [0.717, 1.165) is 35.5 Å². The van der Waals surface area contributed by atoms with Crippen molar-refractivity contribution in [1.29, 1.82) is 0 Å². The molecule has 8 nitrogen and oxygen atoms in total. The lowest BCUT2D eigenvalue weighted by molar-refractivity contribution is 0.102. The number of amides is 1. The van der Waals surface area contributed by atoms with E-state index in [1.165, 1.54) is 19.1 Å². The fourth-order valence-electron chi connectivity index (χ4n) is 3.76. The van der Waals surface area contributed by atoms with Gasteiger partial charge in [0, 0.05) is 17.3 Å². The third kappa shape index (κ3) is 4.23. The predicted octanol–water partition coefficient (Wildman–Crippen LogP) is 4.03. The molecule has 1 aromatic carbocycles. The number of aromatic nitrogens is 2. The minimum atomic E-state index is -0.279. The zero-order valence-electron chi connectivity index (χ0n) is 17.4. The summed E-state index contributed by atoms with van der Waals surface area (Å²) in [6.07, 6.45) is 4.87. The molecule has 1 aliphatic heterocycles. The van der Waals surface area contributed by atoms with E-state index in [2.05, 4.69) is 20.9 Å². The molecular weight excluding hydrogens is 384 g/mol. The number of carbonyl (C=O) groups is 1. The molecule has 8 heteroatoms. The summed E-state index contributed by atoms with van der Waals surface area (Å²) in [6.45, 7) is 7.10. The lowest BCUT2D eigenvalue weighted by Gasteiger charge is -2.24. The van der Waals surface area contributed by atoms with Crippen molar-refractivity contribution >= 4 is 11.6 Å². The highest BCUT2D eigenvalue weighted by molar-refractivity contribution is 6.05. The van der Waals surface area contributed by atoms with Gasteiger partial charge in [-0.2, -0.15) is 0 Å². The van der Waals surface area contributed by atoms with Crippen molar-refractivity contribution in [2.75, 3.05) is 18.5 Å². The molecule has 0 aliphatic carbocycles. The second-order valence-corrected chi connectivity index (χ2v) is 7.64. The molecule has 1 atom stereocenters. The van der Waals surface area contributed by atoms with E-state index < -0.39 is 0 Å². The normalized spacial score (nSPS) is 16.4. The maximum Gasteiger partial charge on any atom is 0.260 e. The van der Waals surface area contributed by atoms with Crippen LogP contribution in [0.2, 0.25) is 0 Å². The molecule has 3 aromatic rings. The van der Waals surface area contributed by atoms with Crippen LogP contribution in [0.1, 0.15) is 46.8 Å². The van der Waals surface area contributed by atoms with E-state index in [1.807, 2.05) is 32.0 Å². The maximum atomic E-state index is 12.6. The lowest BCUT2D eigenvalue weighted by atomic mass is 10.0. The van der Waals surface area contributed by atoms with Gasteiger partial charge in [-0.05, 0) is 58.4 Å². The standard InChI is InChI=1S/C22H26N4O4/c1-13-19(12-29-25-13)22(27)24-16-7-8-20(28-11-17-6-4-5-9-23-17)18(10-16)21-14(2)26-30-15(21)3/h7-8,10,12,17,23H,4-6,9,11H2,1-3H3,(H,24,27)/t17-/m1/s1. The van der Waals surface area contributed by atoms with Crippen molar-refractivity contribution in [3.05, 3.63) is 47.2 Å². The molecule has 1 saturated heterocycles. The van der Waals surface area contributed by atoms with Gasteiger partial charge in [0.05, 0.1) is 17.0 Å². The number of aryl methyl sites for hydroxylation is 3. The third-order valence-corrected chi connectivity index (χ3v) is 5.39. The molecule has 2 aromatic heterocycles. The number of hydrogen-bond donors (Lipinski definition) is 2. The van der Waals surface area contributed by atoms with Gasteiger partial charge >= 0.3 is 0 Å². The number of hydrogen-bond acceptors (Lipinski definition) is 7. The van der Waals surface area contributed by atoms with Gasteiger partial charge in [0.25, 0.3) is 5.91 Å². The zero-order chi connectivity index (χ0) is 21.1.